The summed E-state index contributed by atoms with van der Waals surface area (Å²) in [6.07, 6.45) is 3.72. The van der Waals surface area contributed by atoms with E-state index in [1.807, 2.05) is 19.9 Å². The summed E-state index contributed by atoms with van der Waals surface area (Å²) in [5.74, 6) is 0.596. The molecule has 4 nitrogen and oxygen atoms in total. The lowest BCUT2D eigenvalue weighted by Gasteiger charge is -2.32. The first-order chi connectivity index (χ1) is 9.11. The normalized spacial score (nSPS) is 20.5. The third-order valence-corrected chi connectivity index (χ3v) is 3.93. The molecule has 1 aromatic rings. The summed E-state index contributed by atoms with van der Waals surface area (Å²) in [6.45, 7) is 5.71. The van der Waals surface area contributed by atoms with Crippen LogP contribution in [0.1, 0.15) is 36.1 Å². The van der Waals surface area contributed by atoms with E-state index in [1.165, 1.54) is 19.3 Å². The molecule has 0 saturated carbocycles. The van der Waals surface area contributed by atoms with Gasteiger partial charge in [0.15, 0.2) is 0 Å². The van der Waals surface area contributed by atoms with Gasteiger partial charge in [-0.25, -0.2) is 4.98 Å². The Labute approximate surface area is 115 Å². The summed E-state index contributed by atoms with van der Waals surface area (Å²) in [5.41, 5.74) is 2.78. The Kier molecular flexibility index (Phi) is 4.77. The maximum absolute atomic E-state index is 9.45. The SMILES string of the molecule is Cc1cc(C)c(CO)c(OCC2CCCCN2C)n1. The topological polar surface area (TPSA) is 45.6 Å². The van der Waals surface area contributed by atoms with E-state index in [0.29, 0.717) is 18.5 Å². The molecule has 1 fully saturated rings. The highest BCUT2D eigenvalue weighted by Crippen LogP contribution is 2.22. The highest BCUT2D eigenvalue weighted by molar-refractivity contribution is 5.35. The number of likely N-dealkylation sites (N-methyl/N-ethyl adjacent to an activating group) is 1. The minimum absolute atomic E-state index is 0.0189. The second kappa shape index (κ2) is 6.35. The maximum atomic E-state index is 9.45. The number of hydrogen-bond acceptors (Lipinski definition) is 4. The molecule has 1 N–H and O–H groups in total. The molecular formula is C15H24N2O2. The minimum Gasteiger partial charge on any atom is -0.476 e. The van der Waals surface area contributed by atoms with Crippen LogP contribution in [0.5, 0.6) is 5.88 Å². The summed E-state index contributed by atoms with van der Waals surface area (Å²) in [6, 6.07) is 2.44. The van der Waals surface area contributed by atoms with Crippen LogP contribution >= 0.6 is 0 Å². The number of aryl methyl sites for hydroxylation is 2. The molecule has 1 aromatic heterocycles. The standard InChI is InChI=1S/C15H24N2O2/c1-11-8-12(2)16-15(14(11)9-18)19-10-13-6-4-5-7-17(13)3/h8,13,18H,4-7,9-10H2,1-3H3. The summed E-state index contributed by atoms with van der Waals surface area (Å²) < 4.78 is 5.89. The van der Waals surface area contributed by atoms with E-state index in [1.54, 1.807) is 0 Å². The molecule has 0 amide bonds. The van der Waals surface area contributed by atoms with Crippen molar-refractivity contribution in [2.75, 3.05) is 20.2 Å². The zero-order valence-electron chi connectivity index (χ0n) is 12.1. The van der Waals surface area contributed by atoms with Crippen molar-refractivity contribution in [1.82, 2.24) is 9.88 Å². The van der Waals surface area contributed by atoms with Crippen molar-refractivity contribution in [3.05, 3.63) is 22.9 Å². The second-order valence-corrected chi connectivity index (χ2v) is 5.46. The first-order valence-electron chi connectivity index (χ1n) is 7.03. The van der Waals surface area contributed by atoms with Crippen molar-refractivity contribution in [3.63, 3.8) is 0 Å². The third kappa shape index (κ3) is 3.45. The van der Waals surface area contributed by atoms with Gasteiger partial charge in [-0.15, -0.1) is 0 Å². The molecule has 1 saturated heterocycles. The molecule has 1 aliphatic rings. The fourth-order valence-corrected chi connectivity index (χ4v) is 2.67. The van der Waals surface area contributed by atoms with Gasteiger partial charge < -0.3 is 14.7 Å². The van der Waals surface area contributed by atoms with Gasteiger partial charge in [0.25, 0.3) is 0 Å². The Balaban J connectivity index is 2.06. The molecule has 106 valence electrons. The third-order valence-electron chi connectivity index (χ3n) is 3.93. The van der Waals surface area contributed by atoms with Crippen molar-refractivity contribution >= 4 is 0 Å². The number of rotatable bonds is 4. The lowest BCUT2D eigenvalue weighted by Crippen LogP contribution is -2.40. The predicted molar refractivity (Wildman–Crippen MR) is 75.4 cm³/mol. The van der Waals surface area contributed by atoms with E-state index in [-0.39, 0.29) is 6.61 Å². The summed E-state index contributed by atoms with van der Waals surface area (Å²) in [7, 11) is 2.15. The fourth-order valence-electron chi connectivity index (χ4n) is 2.67. The average molecular weight is 264 g/mol. The van der Waals surface area contributed by atoms with E-state index in [4.69, 9.17) is 4.74 Å². The van der Waals surface area contributed by atoms with E-state index in [9.17, 15) is 5.11 Å². The van der Waals surface area contributed by atoms with Crippen LogP contribution in [0, 0.1) is 13.8 Å². The van der Waals surface area contributed by atoms with Gasteiger partial charge in [0.05, 0.1) is 6.61 Å². The van der Waals surface area contributed by atoms with Gasteiger partial charge in [0.1, 0.15) is 6.61 Å². The van der Waals surface area contributed by atoms with Crippen LogP contribution in [0.2, 0.25) is 0 Å². The van der Waals surface area contributed by atoms with Gasteiger partial charge in [-0.1, -0.05) is 6.42 Å². The minimum atomic E-state index is -0.0189. The van der Waals surface area contributed by atoms with Crippen molar-refractivity contribution in [2.45, 2.75) is 45.8 Å². The molecule has 19 heavy (non-hydrogen) atoms. The highest BCUT2D eigenvalue weighted by atomic mass is 16.5. The first kappa shape index (κ1) is 14.3. The van der Waals surface area contributed by atoms with E-state index in [2.05, 4.69) is 16.9 Å². The molecule has 0 spiro atoms. The maximum Gasteiger partial charge on any atom is 0.219 e. The van der Waals surface area contributed by atoms with E-state index < -0.39 is 0 Å². The van der Waals surface area contributed by atoms with Crippen molar-refractivity contribution < 1.29 is 9.84 Å². The Bertz CT molecular complexity index is 434. The van der Waals surface area contributed by atoms with Crippen LogP contribution < -0.4 is 4.74 Å². The molecule has 0 radical (unpaired) electrons. The van der Waals surface area contributed by atoms with Gasteiger partial charge in [-0.05, 0) is 51.9 Å². The number of likely N-dealkylation sites (tertiary alicyclic amines) is 1. The average Bonchev–Trinajstić information content (AvgIpc) is 2.37. The predicted octanol–water partition coefficient (Wildman–Crippen LogP) is 2.05. The Morgan fingerprint density at radius 1 is 1.42 bits per heavy atom. The van der Waals surface area contributed by atoms with Crippen LogP contribution in [0.15, 0.2) is 6.07 Å². The Hall–Kier alpha value is -1.13. The van der Waals surface area contributed by atoms with Gasteiger partial charge in [0.2, 0.25) is 5.88 Å². The number of aliphatic hydroxyl groups excluding tert-OH is 1. The van der Waals surface area contributed by atoms with Crippen LogP contribution in [-0.4, -0.2) is 41.2 Å². The Morgan fingerprint density at radius 3 is 2.89 bits per heavy atom. The zero-order chi connectivity index (χ0) is 13.8. The number of aliphatic hydroxyl groups is 1. The van der Waals surface area contributed by atoms with Crippen molar-refractivity contribution in [3.8, 4) is 5.88 Å². The molecule has 1 unspecified atom stereocenters. The molecule has 0 aromatic carbocycles. The first-order valence-corrected chi connectivity index (χ1v) is 7.03. The smallest absolute Gasteiger partial charge is 0.219 e. The number of pyridine rings is 1. The quantitative estimate of drug-likeness (QED) is 0.904. The molecule has 2 rings (SSSR count). The van der Waals surface area contributed by atoms with E-state index >= 15 is 0 Å². The molecule has 1 atom stereocenters. The number of nitrogens with zero attached hydrogens (tertiary/aromatic N) is 2. The number of piperidine rings is 1. The largest absolute Gasteiger partial charge is 0.476 e. The molecular weight excluding hydrogens is 240 g/mol. The lowest BCUT2D eigenvalue weighted by atomic mass is 10.0. The van der Waals surface area contributed by atoms with Gasteiger partial charge in [-0.2, -0.15) is 0 Å². The van der Waals surface area contributed by atoms with Crippen LogP contribution in [0.3, 0.4) is 0 Å². The summed E-state index contributed by atoms with van der Waals surface area (Å²) in [5, 5.41) is 9.45. The van der Waals surface area contributed by atoms with Gasteiger partial charge >= 0.3 is 0 Å². The van der Waals surface area contributed by atoms with E-state index in [0.717, 1.165) is 23.4 Å². The lowest BCUT2D eigenvalue weighted by molar-refractivity contribution is 0.120. The van der Waals surface area contributed by atoms with Crippen LogP contribution in [-0.2, 0) is 6.61 Å². The zero-order valence-corrected chi connectivity index (χ0v) is 12.1. The number of ether oxygens (including phenoxy) is 1. The Morgan fingerprint density at radius 2 is 2.21 bits per heavy atom. The number of hydrogen-bond donors (Lipinski definition) is 1. The van der Waals surface area contributed by atoms with Crippen molar-refractivity contribution in [1.29, 1.82) is 0 Å². The molecule has 4 heteroatoms. The van der Waals surface area contributed by atoms with Crippen LogP contribution in [0.25, 0.3) is 0 Å². The number of aromatic nitrogens is 1. The fraction of sp³-hybridized carbons (Fsp3) is 0.667. The van der Waals surface area contributed by atoms with Gasteiger partial charge in [-0.3, -0.25) is 0 Å². The highest BCUT2D eigenvalue weighted by Gasteiger charge is 2.20. The van der Waals surface area contributed by atoms with Gasteiger partial charge in [0, 0.05) is 17.3 Å². The monoisotopic (exact) mass is 264 g/mol. The van der Waals surface area contributed by atoms with Crippen molar-refractivity contribution in [2.24, 2.45) is 0 Å². The molecule has 2 heterocycles. The van der Waals surface area contributed by atoms with Crippen LogP contribution in [0.4, 0.5) is 0 Å². The summed E-state index contributed by atoms with van der Waals surface area (Å²) in [4.78, 5) is 6.77. The molecule has 0 aliphatic carbocycles. The second-order valence-electron chi connectivity index (χ2n) is 5.46. The molecule has 0 bridgehead atoms. The summed E-state index contributed by atoms with van der Waals surface area (Å²) >= 11 is 0. The molecule has 1 aliphatic heterocycles.